The summed E-state index contributed by atoms with van der Waals surface area (Å²) in [5.74, 6) is -0.351. The topological polar surface area (TPSA) is 44.8 Å². The van der Waals surface area contributed by atoms with Crippen molar-refractivity contribution in [1.82, 2.24) is 0 Å². The fourth-order valence-electron chi connectivity index (χ4n) is 3.63. The van der Waals surface area contributed by atoms with Crippen LogP contribution in [0.5, 0.6) is 0 Å². The number of rotatable bonds is 4. The highest BCUT2D eigenvalue weighted by atomic mass is 17.2. The van der Waals surface area contributed by atoms with Crippen molar-refractivity contribution in [1.29, 1.82) is 0 Å². The third-order valence-electron chi connectivity index (χ3n) is 5.12. The summed E-state index contributed by atoms with van der Waals surface area (Å²) in [5.41, 5.74) is 3.04. The zero-order valence-electron chi connectivity index (χ0n) is 16.2. The first-order valence-corrected chi connectivity index (χ1v) is 8.86. The summed E-state index contributed by atoms with van der Waals surface area (Å²) in [4.78, 5) is 22.7. The average Bonchev–Trinajstić information content (AvgIpc) is 2.53. The summed E-state index contributed by atoms with van der Waals surface area (Å²) in [5, 5.41) is 0. The van der Waals surface area contributed by atoms with Crippen LogP contribution in [0.4, 0.5) is 0 Å². The molecule has 0 aromatic heterocycles. The molecule has 0 amide bonds. The number of carbonyl (C=O) groups excluding carboxylic acids is 1. The van der Waals surface area contributed by atoms with Crippen LogP contribution in [0, 0.1) is 5.41 Å². The molecular weight excluding hydrogens is 316 g/mol. The van der Waals surface area contributed by atoms with Gasteiger partial charge in [0.2, 0.25) is 0 Å². The lowest BCUT2D eigenvalue weighted by Crippen LogP contribution is -2.46. The second kappa shape index (κ2) is 7.71. The molecule has 0 radical (unpaired) electrons. The van der Waals surface area contributed by atoms with Gasteiger partial charge in [0, 0.05) is 6.08 Å². The van der Waals surface area contributed by atoms with Crippen molar-refractivity contribution >= 4 is 5.97 Å². The van der Waals surface area contributed by atoms with Gasteiger partial charge >= 0.3 is 5.97 Å². The largest absolute Gasteiger partial charge is 0.466 e. The van der Waals surface area contributed by atoms with Crippen LogP contribution in [0.15, 0.2) is 47.1 Å². The molecule has 0 N–H and O–H groups in total. The van der Waals surface area contributed by atoms with Gasteiger partial charge in [-0.2, -0.15) is 0 Å². The zero-order chi connectivity index (χ0) is 18.7. The molecule has 25 heavy (non-hydrogen) atoms. The molecule has 1 heterocycles. The van der Waals surface area contributed by atoms with Gasteiger partial charge in [0.25, 0.3) is 0 Å². The molecule has 0 bridgehead atoms. The maximum Gasteiger partial charge on any atom is 0.330 e. The maximum atomic E-state index is 11.2. The summed E-state index contributed by atoms with van der Waals surface area (Å²) >= 11 is 0. The first-order chi connectivity index (χ1) is 11.7. The van der Waals surface area contributed by atoms with E-state index in [1.54, 1.807) is 0 Å². The Morgan fingerprint density at radius 1 is 1.28 bits per heavy atom. The number of methoxy groups -OCH3 is 1. The lowest BCUT2D eigenvalue weighted by molar-refractivity contribution is -0.372. The highest BCUT2D eigenvalue weighted by Crippen LogP contribution is 2.49. The highest BCUT2D eigenvalue weighted by Gasteiger charge is 2.46. The number of carbonyl (C=O) groups is 1. The number of ether oxygens (including phenoxy) is 1. The van der Waals surface area contributed by atoms with Crippen LogP contribution in [0.25, 0.3) is 0 Å². The van der Waals surface area contributed by atoms with Crippen molar-refractivity contribution in [2.45, 2.75) is 65.6 Å². The van der Waals surface area contributed by atoms with E-state index in [1.165, 1.54) is 25.2 Å². The van der Waals surface area contributed by atoms with Gasteiger partial charge in [-0.1, -0.05) is 32.1 Å². The predicted molar refractivity (Wildman–Crippen MR) is 98.7 cm³/mol. The third-order valence-corrected chi connectivity index (χ3v) is 5.12. The lowest BCUT2D eigenvalue weighted by Gasteiger charge is -2.47. The molecule has 0 spiro atoms. The Kier molecular flexibility index (Phi) is 6.07. The van der Waals surface area contributed by atoms with Gasteiger partial charge in [-0.15, -0.1) is 0 Å². The molecule has 2 aliphatic rings. The van der Waals surface area contributed by atoms with E-state index in [0.29, 0.717) is 0 Å². The number of fused-ring (bicyclic) bond motifs is 1. The monoisotopic (exact) mass is 346 g/mol. The van der Waals surface area contributed by atoms with Gasteiger partial charge in [0.15, 0.2) is 0 Å². The Labute approximate surface area is 151 Å². The SMILES string of the molecule is COC(=O)\C=C(C)/C=C/C=C(\C)C1C=C2C(C)(C)CCCC2(C)OO1. The van der Waals surface area contributed by atoms with Crippen molar-refractivity contribution in [2.75, 3.05) is 7.11 Å². The van der Waals surface area contributed by atoms with Crippen molar-refractivity contribution in [3.63, 3.8) is 0 Å². The van der Waals surface area contributed by atoms with Gasteiger partial charge in [0.05, 0.1) is 7.11 Å². The normalized spacial score (nSPS) is 30.0. The van der Waals surface area contributed by atoms with E-state index in [0.717, 1.165) is 24.0 Å². The van der Waals surface area contributed by atoms with E-state index in [4.69, 9.17) is 9.78 Å². The van der Waals surface area contributed by atoms with Crippen molar-refractivity contribution in [2.24, 2.45) is 5.41 Å². The summed E-state index contributed by atoms with van der Waals surface area (Å²) in [6, 6.07) is 0. The molecule has 138 valence electrons. The fraction of sp³-hybridized carbons (Fsp3) is 0.571. The maximum absolute atomic E-state index is 11.2. The summed E-state index contributed by atoms with van der Waals surface area (Å²) in [6.07, 6.45) is 12.6. The van der Waals surface area contributed by atoms with Gasteiger partial charge in [-0.3, -0.25) is 0 Å². The van der Waals surface area contributed by atoms with Crippen LogP contribution < -0.4 is 0 Å². The standard InChI is InChI=1S/C21H30O4/c1-15(13-19(22)23-6)9-7-10-16(2)17-14-18-20(3,4)11-8-12-21(18,5)25-24-17/h7,9-10,13-14,17H,8,11-12H2,1-6H3/b9-7+,15-13-,16-10+. The van der Waals surface area contributed by atoms with E-state index in [9.17, 15) is 4.79 Å². The van der Waals surface area contributed by atoms with E-state index < -0.39 is 0 Å². The molecule has 0 aromatic carbocycles. The molecule has 2 rings (SSSR count). The first-order valence-electron chi connectivity index (χ1n) is 8.86. The number of allylic oxidation sites excluding steroid dienone is 4. The van der Waals surface area contributed by atoms with Crippen LogP contribution in [0.2, 0.25) is 0 Å². The number of hydrogen-bond donors (Lipinski definition) is 0. The van der Waals surface area contributed by atoms with Crippen LogP contribution in [0.1, 0.15) is 53.9 Å². The lowest BCUT2D eigenvalue weighted by atomic mass is 9.65. The summed E-state index contributed by atoms with van der Waals surface area (Å²) < 4.78 is 4.61. The predicted octanol–water partition coefficient (Wildman–Crippen LogP) is 4.83. The molecule has 1 aliphatic carbocycles. The van der Waals surface area contributed by atoms with Crippen LogP contribution in [-0.4, -0.2) is 24.8 Å². The molecule has 2 unspecified atom stereocenters. The van der Waals surface area contributed by atoms with Crippen molar-refractivity contribution < 1.29 is 19.3 Å². The van der Waals surface area contributed by atoms with Crippen molar-refractivity contribution in [3.05, 3.63) is 47.1 Å². The van der Waals surface area contributed by atoms with E-state index in [1.807, 2.05) is 32.1 Å². The van der Waals surface area contributed by atoms with Crippen LogP contribution in [0.3, 0.4) is 0 Å². The number of hydrogen-bond acceptors (Lipinski definition) is 4. The summed E-state index contributed by atoms with van der Waals surface area (Å²) in [7, 11) is 1.37. The Balaban J connectivity index is 2.15. The molecule has 1 saturated carbocycles. The Morgan fingerprint density at radius 2 is 2.00 bits per heavy atom. The molecule has 0 aromatic rings. The minimum absolute atomic E-state index is 0.130. The van der Waals surface area contributed by atoms with Crippen LogP contribution in [-0.2, 0) is 19.3 Å². The minimum atomic E-state index is -0.351. The van der Waals surface area contributed by atoms with Gasteiger partial charge < -0.3 is 4.74 Å². The van der Waals surface area contributed by atoms with Gasteiger partial charge in [-0.25, -0.2) is 14.6 Å². The van der Waals surface area contributed by atoms with E-state index in [-0.39, 0.29) is 23.1 Å². The highest BCUT2D eigenvalue weighted by molar-refractivity contribution is 5.83. The molecular formula is C21H30O4. The minimum Gasteiger partial charge on any atom is -0.466 e. The molecule has 4 nitrogen and oxygen atoms in total. The average molecular weight is 346 g/mol. The van der Waals surface area contributed by atoms with Crippen molar-refractivity contribution in [3.8, 4) is 0 Å². The molecule has 1 fully saturated rings. The number of esters is 1. The Morgan fingerprint density at radius 3 is 2.68 bits per heavy atom. The third kappa shape index (κ3) is 4.71. The molecule has 0 saturated heterocycles. The quantitative estimate of drug-likeness (QED) is 0.240. The smallest absolute Gasteiger partial charge is 0.330 e. The zero-order valence-corrected chi connectivity index (χ0v) is 16.2. The second-order valence-corrected chi connectivity index (χ2v) is 7.83. The fourth-order valence-corrected chi connectivity index (χ4v) is 3.63. The summed E-state index contributed by atoms with van der Waals surface area (Å²) in [6.45, 7) is 10.6. The van der Waals surface area contributed by atoms with Gasteiger partial charge in [-0.05, 0) is 68.2 Å². The van der Waals surface area contributed by atoms with Crippen LogP contribution >= 0.6 is 0 Å². The second-order valence-electron chi connectivity index (χ2n) is 7.83. The van der Waals surface area contributed by atoms with E-state index >= 15 is 0 Å². The first kappa shape index (κ1) is 19.7. The molecule has 1 aliphatic heterocycles. The Bertz CT molecular complexity index is 636. The Hall–Kier alpha value is -1.65. The molecule has 2 atom stereocenters. The van der Waals surface area contributed by atoms with Gasteiger partial charge in [0.1, 0.15) is 11.7 Å². The van der Waals surface area contributed by atoms with E-state index in [2.05, 4.69) is 31.6 Å². The molecule has 4 heteroatoms.